The van der Waals surface area contributed by atoms with Crippen LogP contribution in [0.4, 0.5) is 0 Å². The lowest BCUT2D eigenvalue weighted by molar-refractivity contribution is 0.669. The zero-order valence-corrected chi connectivity index (χ0v) is 37.1. The Hall–Kier alpha value is -8.92. The average Bonchev–Trinajstić information content (AvgIpc) is 3.95. The number of hydrogen-bond acceptors (Lipinski definition) is 3. The quantitative estimate of drug-likeness (QED) is 0.153. The van der Waals surface area contributed by atoms with E-state index in [9.17, 15) is 0 Å². The van der Waals surface area contributed by atoms with E-state index in [1.807, 2.05) is 30.3 Å². The van der Waals surface area contributed by atoms with Gasteiger partial charge in [-0.1, -0.05) is 212 Å². The second-order valence-corrected chi connectivity index (χ2v) is 17.6. The van der Waals surface area contributed by atoms with Gasteiger partial charge in [-0.05, 0) is 109 Å². The summed E-state index contributed by atoms with van der Waals surface area (Å²) in [5, 5.41) is 2.21. The highest BCUT2D eigenvalue weighted by Crippen LogP contribution is 2.58. The Bertz CT molecular complexity index is 3780. The Morgan fingerprint density at radius 1 is 0.294 bits per heavy atom. The lowest BCUT2D eigenvalue weighted by atomic mass is 9.67. The first kappa shape index (κ1) is 39.4. The van der Waals surface area contributed by atoms with Gasteiger partial charge in [-0.15, -0.1) is 0 Å². The lowest BCUT2D eigenvalue weighted by Gasteiger charge is -2.34. The minimum atomic E-state index is -0.465. The third-order valence-corrected chi connectivity index (χ3v) is 13.8. The van der Waals surface area contributed by atoms with Gasteiger partial charge < -0.3 is 4.42 Å². The molecule has 1 aliphatic rings. The molecule has 68 heavy (non-hydrogen) atoms. The summed E-state index contributed by atoms with van der Waals surface area (Å²) in [6, 6.07) is 91.3. The van der Waals surface area contributed by atoms with Crippen LogP contribution < -0.4 is 0 Å². The van der Waals surface area contributed by atoms with Crippen molar-refractivity contribution in [1.82, 2.24) is 9.97 Å². The summed E-state index contributed by atoms with van der Waals surface area (Å²) in [7, 11) is 0. The van der Waals surface area contributed by atoms with Crippen LogP contribution in [0.5, 0.6) is 0 Å². The van der Waals surface area contributed by atoms with Crippen LogP contribution in [0.2, 0.25) is 0 Å². The Morgan fingerprint density at radius 3 is 1.53 bits per heavy atom. The molecule has 2 aromatic heterocycles. The molecule has 318 valence electrons. The van der Waals surface area contributed by atoms with Crippen molar-refractivity contribution in [2.24, 2.45) is 0 Å². The number of nitrogens with zero attached hydrogens (tertiary/aromatic N) is 2. The molecule has 0 bridgehead atoms. The summed E-state index contributed by atoms with van der Waals surface area (Å²) in [6.07, 6.45) is 0. The SMILES string of the molecule is c1ccc(-c2cc(-c3ccc4oc5ccccc5c4c3)cc(-c3cc(-c4ccc(-c5cccc6c5-c5ccccc5C6(c5ccccc5)c5ccccc5)cc4)nc(-c4ccccc4)n3)c2)cc1. The van der Waals surface area contributed by atoms with Crippen molar-refractivity contribution in [3.63, 3.8) is 0 Å². The highest BCUT2D eigenvalue weighted by molar-refractivity contribution is 6.06. The zero-order chi connectivity index (χ0) is 45.0. The maximum atomic E-state index is 6.23. The van der Waals surface area contributed by atoms with Crippen LogP contribution in [0.1, 0.15) is 22.3 Å². The Labute approximate surface area is 395 Å². The normalized spacial score (nSPS) is 12.5. The maximum Gasteiger partial charge on any atom is 0.160 e. The van der Waals surface area contributed by atoms with Gasteiger partial charge in [0.25, 0.3) is 0 Å². The summed E-state index contributed by atoms with van der Waals surface area (Å²) < 4.78 is 6.23. The monoisotopic (exact) mass is 866 g/mol. The number of benzene rings is 10. The van der Waals surface area contributed by atoms with Crippen LogP contribution in [-0.4, -0.2) is 9.97 Å². The predicted octanol–water partition coefficient (Wildman–Crippen LogP) is 16.7. The van der Waals surface area contributed by atoms with Gasteiger partial charge in [0.15, 0.2) is 5.82 Å². The Balaban J connectivity index is 0.953. The molecule has 12 aromatic rings. The predicted molar refractivity (Wildman–Crippen MR) is 279 cm³/mol. The molecule has 13 rings (SSSR count). The number of para-hydroxylation sites is 1. The molecule has 0 aliphatic heterocycles. The highest BCUT2D eigenvalue weighted by Gasteiger charge is 2.46. The Morgan fingerprint density at radius 2 is 0.809 bits per heavy atom. The molecule has 0 saturated carbocycles. The summed E-state index contributed by atoms with van der Waals surface area (Å²) in [5.74, 6) is 0.677. The molecule has 0 fully saturated rings. The third kappa shape index (κ3) is 6.51. The largest absolute Gasteiger partial charge is 0.456 e. The second-order valence-electron chi connectivity index (χ2n) is 17.6. The molecule has 0 radical (unpaired) electrons. The van der Waals surface area contributed by atoms with Crippen molar-refractivity contribution in [2.75, 3.05) is 0 Å². The van der Waals surface area contributed by atoms with E-state index < -0.39 is 5.41 Å². The van der Waals surface area contributed by atoms with E-state index in [1.165, 1.54) is 38.9 Å². The smallest absolute Gasteiger partial charge is 0.160 e. The standard InChI is InChI=1S/C65H42N2O/c1-5-18-43(19-6-1)48-38-49(47-36-37-62-56(41-47)54-26-14-16-31-61(54)68-62)40-50(39-48)60-42-59(66-64(67-60)46-20-7-2-8-21-46)45-34-32-44(33-35-45)53-28-17-30-58-63(53)55-27-13-15-29-57(55)65(58,51-22-9-3-10-23-51)52-24-11-4-12-25-52/h1-42H. The first-order valence-electron chi connectivity index (χ1n) is 23.2. The van der Waals surface area contributed by atoms with Crippen molar-refractivity contribution < 1.29 is 4.42 Å². The summed E-state index contributed by atoms with van der Waals surface area (Å²) >= 11 is 0. The minimum Gasteiger partial charge on any atom is -0.456 e. The first-order chi connectivity index (χ1) is 33.7. The van der Waals surface area contributed by atoms with Crippen LogP contribution in [0.25, 0.3) is 100 Å². The number of aromatic nitrogens is 2. The number of fused-ring (bicyclic) bond motifs is 6. The molecule has 10 aromatic carbocycles. The topological polar surface area (TPSA) is 38.9 Å². The third-order valence-electron chi connectivity index (χ3n) is 13.8. The fraction of sp³-hybridized carbons (Fsp3) is 0.0154. The van der Waals surface area contributed by atoms with Gasteiger partial charge in [0.1, 0.15) is 11.2 Å². The van der Waals surface area contributed by atoms with Crippen LogP contribution in [0, 0.1) is 0 Å². The van der Waals surface area contributed by atoms with E-state index in [0.717, 1.165) is 77.8 Å². The first-order valence-corrected chi connectivity index (χ1v) is 23.2. The fourth-order valence-corrected chi connectivity index (χ4v) is 10.7. The van der Waals surface area contributed by atoms with Gasteiger partial charge in [0.05, 0.1) is 16.8 Å². The van der Waals surface area contributed by atoms with Crippen molar-refractivity contribution in [3.05, 3.63) is 277 Å². The Kier molecular flexibility index (Phi) is 9.40. The van der Waals surface area contributed by atoms with Gasteiger partial charge in [0.2, 0.25) is 0 Å². The van der Waals surface area contributed by atoms with Gasteiger partial charge in [0, 0.05) is 27.5 Å². The molecule has 0 spiro atoms. The van der Waals surface area contributed by atoms with Crippen LogP contribution in [-0.2, 0) is 5.41 Å². The molecule has 3 nitrogen and oxygen atoms in total. The maximum absolute atomic E-state index is 6.23. The number of hydrogen-bond donors (Lipinski definition) is 0. The molecule has 1 aliphatic carbocycles. The van der Waals surface area contributed by atoms with Gasteiger partial charge in [-0.3, -0.25) is 0 Å². The lowest BCUT2D eigenvalue weighted by Crippen LogP contribution is -2.28. The second kappa shape index (κ2) is 16.2. The average molecular weight is 867 g/mol. The molecule has 0 atom stereocenters. The van der Waals surface area contributed by atoms with E-state index >= 15 is 0 Å². The van der Waals surface area contributed by atoms with E-state index in [1.54, 1.807) is 0 Å². The molecular formula is C65H42N2O. The number of furan rings is 1. The summed E-state index contributed by atoms with van der Waals surface area (Å²) in [6.45, 7) is 0. The fourth-order valence-electron chi connectivity index (χ4n) is 10.7. The van der Waals surface area contributed by atoms with E-state index in [0.29, 0.717) is 5.82 Å². The molecule has 0 unspecified atom stereocenters. The molecular weight excluding hydrogens is 825 g/mol. The summed E-state index contributed by atoms with van der Waals surface area (Å²) in [4.78, 5) is 10.6. The highest BCUT2D eigenvalue weighted by atomic mass is 16.3. The molecule has 3 heteroatoms. The van der Waals surface area contributed by atoms with E-state index in [-0.39, 0.29) is 0 Å². The van der Waals surface area contributed by atoms with Crippen molar-refractivity contribution in [3.8, 4) is 78.4 Å². The van der Waals surface area contributed by atoms with Gasteiger partial charge in [-0.2, -0.15) is 0 Å². The van der Waals surface area contributed by atoms with E-state index in [2.05, 4.69) is 224 Å². The van der Waals surface area contributed by atoms with E-state index in [4.69, 9.17) is 14.4 Å². The van der Waals surface area contributed by atoms with Crippen LogP contribution in [0.15, 0.2) is 259 Å². The van der Waals surface area contributed by atoms with Crippen molar-refractivity contribution in [2.45, 2.75) is 5.41 Å². The van der Waals surface area contributed by atoms with Crippen LogP contribution >= 0.6 is 0 Å². The van der Waals surface area contributed by atoms with Crippen molar-refractivity contribution >= 4 is 21.9 Å². The van der Waals surface area contributed by atoms with Gasteiger partial charge in [-0.25, -0.2) is 9.97 Å². The molecule has 0 amide bonds. The summed E-state index contributed by atoms with van der Waals surface area (Å²) in [5.41, 5.74) is 20.4. The zero-order valence-electron chi connectivity index (χ0n) is 37.1. The molecule has 0 N–H and O–H groups in total. The van der Waals surface area contributed by atoms with Crippen LogP contribution in [0.3, 0.4) is 0 Å². The molecule has 0 saturated heterocycles. The minimum absolute atomic E-state index is 0.465. The van der Waals surface area contributed by atoms with Gasteiger partial charge >= 0.3 is 0 Å². The number of rotatable bonds is 8. The van der Waals surface area contributed by atoms with Crippen molar-refractivity contribution in [1.29, 1.82) is 0 Å². The molecule has 2 heterocycles.